The summed E-state index contributed by atoms with van der Waals surface area (Å²) < 4.78 is 38.2. The molecule has 2 fully saturated rings. The summed E-state index contributed by atoms with van der Waals surface area (Å²) in [4.78, 5) is 16.3. The van der Waals surface area contributed by atoms with Gasteiger partial charge in [-0.3, -0.25) is 9.62 Å². The molecule has 1 aromatic heterocycles. The van der Waals surface area contributed by atoms with E-state index in [1.165, 1.54) is 25.6 Å². The zero-order valence-corrected chi connectivity index (χ0v) is 29.5. The summed E-state index contributed by atoms with van der Waals surface area (Å²) in [6.45, 7) is 4.67. The number of nitrogens with one attached hydrogen (secondary N) is 3. The standard InChI is InChI=1S/C32H42Cl2N8O4S/c1-40(2)22-6-5-10-42(19-22)21-7-11-41(12-8-21)28-17-30(45-3)27(15-23(28)33)37-32-35-18-24(34)31(38-32)36-25-16-29-20(9-13-46-29)14-26(25)39-47(4,43)44/h14-18,21-22,39H,5-13,19H2,1-4H3,(H2,35,36,37,38). The summed E-state index contributed by atoms with van der Waals surface area (Å²) in [7, 11) is 2.43. The van der Waals surface area contributed by atoms with Gasteiger partial charge in [0.2, 0.25) is 16.0 Å². The Hall–Kier alpha value is -3.23. The molecule has 2 saturated heterocycles. The molecule has 3 N–H and O–H groups in total. The highest BCUT2D eigenvalue weighted by Gasteiger charge is 2.30. The molecule has 4 heterocycles. The number of fused-ring (bicyclic) bond motifs is 1. The molecule has 3 aliphatic heterocycles. The Morgan fingerprint density at radius 3 is 2.51 bits per heavy atom. The van der Waals surface area contributed by atoms with Crippen LogP contribution in [0.5, 0.6) is 11.5 Å². The van der Waals surface area contributed by atoms with Crippen molar-refractivity contribution in [2.45, 2.75) is 44.2 Å². The lowest BCUT2D eigenvalue weighted by molar-refractivity contribution is 0.0846. The number of sulfonamides is 1. The molecule has 15 heteroatoms. The van der Waals surface area contributed by atoms with Gasteiger partial charge in [-0.1, -0.05) is 23.2 Å². The number of methoxy groups -OCH3 is 1. The van der Waals surface area contributed by atoms with E-state index < -0.39 is 10.0 Å². The van der Waals surface area contributed by atoms with E-state index in [1.807, 2.05) is 12.1 Å². The number of likely N-dealkylation sites (tertiary alicyclic amines) is 1. The molecule has 254 valence electrons. The molecular weight excluding hydrogens is 663 g/mol. The fourth-order valence-corrected chi connectivity index (χ4v) is 7.63. The largest absolute Gasteiger partial charge is 0.494 e. The van der Waals surface area contributed by atoms with Crippen LogP contribution >= 0.6 is 23.2 Å². The monoisotopic (exact) mass is 704 g/mol. The van der Waals surface area contributed by atoms with Crippen molar-refractivity contribution in [2.24, 2.45) is 0 Å². The third kappa shape index (κ3) is 7.92. The Bertz CT molecular complexity index is 1720. The third-order valence-electron chi connectivity index (χ3n) is 9.12. The van der Waals surface area contributed by atoms with Gasteiger partial charge >= 0.3 is 0 Å². The first kappa shape index (κ1) is 33.7. The molecule has 3 aliphatic rings. The number of piperidine rings is 2. The molecule has 1 unspecified atom stereocenters. The molecule has 6 rings (SSSR count). The van der Waals surface area contributed by atoms with Gasteiger partial charge in [-0.25, -0.2) is 13.4 Å². The van der Waals surface area contributed by atoms with E-state index in [0.717, 1.165) is 50.0 Å². The van der Waals surface area contributed by atoms with Crippen LogP contribution in [-0.4, -0.2) is 101 Å². The molecule has 0 amide bonds. The second-order valence-electron chi connectivity index (χ2n) is 12.6. The number of hydrogen-bond donors (Lipinski definition) is 3. The number of rotatable bonds is 10. The minimum Gasteiger partial charge on any atom is -0.494 e. The van der Waals surface area contributed by atoms with Crippen LogP contribution in [-0.2, 0) is 16.4 Å². The van der Waals surface area contributed by atoms with Crippen LogP contribution in [0.25, 0.3) is 0 Å². The molecule has 0 saturated carbocycles. The minimum atomic E-state index is -3.55. The van der Waals surface area contributed by atoms with Crippen molar-refractivity contribution in [2.75, 3.05) is 80.5 Å². The molecule has 0 radical (unpaired) electrons. The molecule has 3 aromatic rings. The van der Waals surface area contributed by atoms with Crippen LogP contribution in [0.4, 0.5) is 34.5 Å². The van der Waals surface area contributed by atoms with E-state index in [0.29, 0.717) is 58.7 Å². The molecule has 12 nitrogen and oxygen atoms in total. The highest BCUT2D eigenvalue weighted by atomic mass is 35.5. The van der Waals surface area contributed by atoms with Gasteiger partial charge in [0.15, 0.2) is 5.82 Å². The van der Waals surface area contributed by atoms with Crippen LogP contribution in [0.1, 0.15) is 31.2 Å². The number of likely N-dealkylation sites (N-methyl/N-ethyl adjacent to an activating group) is 1. The van der Waals surface area contributed by atoms with E-state index in [2.05, 4.69) is 54.1 Å². The fraction of sp³-hybridized carbons (Fsp3) is 0.500. The number of hydrogen-bond acceptors (Lipinski definition) is 11. The van der Waals surface area contributed by atoms with Gasteiger partial charge in [0.1, 0.15) is 16.5 Å². The smallest absolute Gasteiger partial charge is 0.229 e. The SMILES string of the molecule is COc1cc(N2CCC(N3CCCC(N(C)C)C3)CC2)c(Cl)cc1Nc1ncc(Cl)c(Nc2cc3c(cc2NS(C)(=O)=O)CCO3)n1. The van der Waals surface area contributed by atoms with Gasteiger partial charge in [0, 0.05) is 50.3 Å². The Morgan fingerprint density at radius 2 is 1.79 bits per heavy atom. The van der Waals surface area contributed by atoms with Crippen molar-refractivity contribution >= 4 is 67.7 Å². The van der Waals surface area contributed by atoms with Gasteiger partial charge in [-0.05, 0) is 64.0 Å². The quantitative estimate of drug-likeness (QED) is 0.245. The van der Waals surface area contributed by atoms with Crippen molar-refractivity contribution in [3.8, 4) is 11.5 Å². The predicted molar refractivity (Wildman–Crippen MR) is 189 cm³/mol. The molecule has 47 heavy (non-hydrogen) atoms. The van der Waals surface area contributed by atoms with Gasteiger partial charge in [-0.2, -0.15) is 4.98 Å². The van der Waals surface area contributed by atoms with E-state index in [4.69, 9.17) is 32.7 Å². The number of halogens is 2. The summed E-state index contributed by atoms with van der Waals surface area (Å²) >= 11 is 13.4. The van der Waals surface area contributed by atoms with Crippen LogP contribution in [0.15, 0.2) is 30.5 Å². The Kier molecular flexibility index (Phi) is 10.1. The van der Waals surface area contributed by atoms with Crippen LogP contribution in [0.2, 0.25) is 10.0 Å². The lowest BCUT2D eigenvalue weighted by atomic mass is 9.97. The van der Waals surface area contributed by atoms with Crippen molar-refractivity contribution in [3.05, 3.63) is 46.1 Å². The Labute approximate surface area is 286 Å². The van der Waals surface area contributed by atoms with E-state index in [1.54, 1.807) is 19.2 Å². The average Bonchev–Trinajstić information content (AvgIpc) is 3.49. The maximum absolute atomic E-state index is 12.1. The first-order valence-electron chi connectivity index (χ1n) is 15.8. The number of ether oxygens (including phenoxy) is 2. The van der Waals surface area contributed by atoms with Crippen LogP contribution < -0.4 is 29.7 Å². The zero-order chi connectivity index (χ0) is 33.3. The van der Waals surface area contributed by atoms with Crippen molar-refractivity contribution in [1.82, 2.24) is 19.8 Å². The van der Waals surface area contributed by atoms with E-state index >= 15 is 0 Å². The third-order valence-corrected chi connectivity index (χ3v) is 10.3. The molecule has 0 aliphatic carbocycles. The molecular formula is C32H42Cl2N8O4S. The normalized spacial score (nSPS) is 19.0. The predicted octanol–water partition coefficient (Wildman–Crippen LogP) is 5.58. The highest BCUT2D eigenvalue weighted by molar-refractivity contribution is 7.92. The second-order valence-corrected chi connectivity index (χ2v) is 15.2. The number of aromatic nitrogens is 2. The average molecular weight is 706 g/mol. The molecule has 0 bridgehead atoms. The van der Waals surface area contributed by atoms with Crippen LogP contribution in [0.3, 0.4) is 0 Å². The second kappa shape index (κ2) is 14.1. The van der Waals surface area contributed by atoms with E-state index in [-0.39, 0.29) is 16.8 Å². The topological polar surface area (TPSA) is 124 Å². The number of anilines is 6. The van der Waals surface area contributed by atoms with E-state index in [9.17, 15) is 8.42 Å². The highest BCUT2D eigenvalue weighted by Crippen LogP contribution is 2.40. The van der Waals surface area contributed by atoms with Crippen LogP contribution in [0, 0.1) is 0 Å². The van der Waals surface area contributed by atoms with Crippen molar-refractivity contribution < 1.29 is 17.9 Å². The first-order valence-corrected chi connectivity index (χ1v) is 18.5. The summed E-state index contributed by atoms with van der Waals surface area (Å²) in [5.74, 6) is 1.78. The number of nitrogens with zero attached hydrogens (tertiary/aromatic N) is 5. The minimum absolute atomic E-state index is 0.243. The molecule has 1 atom stereocenters. The Morgan fingerprint density at radius 1 is 1.00 bits per heavy atom. The molecule has 0 spiro atoms. The first-order chi connectivity index (χ1) is 22.5. The van der Waals surface area contributed by atoms with Gasteiger partial charge < -0.3 is 29.9 Å². The maximum Gasteiger partial charge on any atom is 0.229 e. The fourth-order valence-electron chi connectivity index (χ4n) is 6.64. The van der Waals surface area contributed by atoms with Crippen molar-refractivity contribution in [3.63, 3.8) is 0 Å². The lowest BCUT2D eigenvalue weighted by Gasteiger charge is -2.44. The Balaban J connectivity index is 1.17. The maximum atomic E-state index is 12.1. The van der Waals surface area contributed by atoms with Gasteiger partial charge in [0.05, 0.1) is 53.9 Å². The summed E-state index contributed by atoms with van der Waals surface area (Å²) in [5, 5.41) is 7.20. The number of benzene rings is 2. The zero-order valence-electron chi connectivity index (χ0n) is 27.1. The summed E-state index contributed by atoms with van der Waals surface area (Å²) in [5.41, 5.74) is 3.24. The summed E-state index contributed by atoms with van der Waals surface area (Å²) in [6, 6.07) is 8.48. The van der Waals surface area contributed by atoms with Crippen molar-refractivity contribution in [1.29, 1.82) is 0 Å². The van der Waals surface area contributed by atoms with Gasteiger partial charge in [0.25, 0.3) is 0 Å². The lowest BCUT2D eigenvalue weighted by Crippen LogP contribution is -2.52. The van der Waals surface area contributed by atoms with Gasteiger partial charge in [-0.15, -0.1) is 0 Å². The summed E-state index contributed by atoms with van der Waals surface area (Å²) in [6.07, 6.45) is 7.94. The molecule has 2 aromatic carbocycles.